The highest BCUT2D eigenvalue weighted by Gasteiger charge is 2.21. The van der Waals surface area contributed by atoms with E-state index in [1.807, 2.05) is 26.8 Å². The first-order valence-electron chi connectivity index (χ1n) is 10.2. The molecule has 2 rings (SSSR count). The van der Waals surface area contributed by atoms with Crippen LogP contribution in [-0.2, 0) is 9.47 Å². The number of rotatable bonds is 9. The van der Waals surface area contributed by atoms with Gasteiger partial charge in [0.1, 0.15) is 17.1 Å². The largest absolute Gasteiger partial charge is 0.465 e. The molecular formula is C24H31NO5. The lowest BCUT2D eigenvalue weighted by Gasteiger charge is -2.21. The van der Waals surface area contributed by atoms with Crippen molar-refractivity contribution in [3.8, 4) is 11.5 Å². The van der Waals surface area contributed by atoms with Gasteiger partial charge in [-0.1, -0.05) is 25.8 Å². The van der Waals surface area contributed by atoms with Crippen molar-refractivity contribution < 1.29 is 23.8 Å². The smallest absolute Gasteiger partial charge is 0.340 e. The molecule has 0 saturated heterocycles. The van der Waals surface area contributed by atoms with Crippen LogP contribution in [0.15, 0.2) is 42.5 Å². The van der Waals surface area contributed by atoms with E-state index in [4.69, 9.17) is 14.2 Å². The predicted octanol–water partition coefficient (Wildman–Crippen LogP) is 5.82. The summed E-state index contributed by atoms with van der Waals surface area (Å²) < 4.78 is 16.2. The maximum absolute atomic E-state index is 12.8. The molecule has 0 bridgehead atoms. The van der Waals surface area contributed by atoms with E-state index in [2.05, 4.69) is 12.2 Å². The lowest BCUT2D eigenvalue weighted by molar-refractivity contribution is 0.00701. The summed E-state index contributed by atoms with van der Waals surface area (Å²) in [4.78, 5) is 24.5. The molecule has 0 amide bonds. The molecule has 162 valence electrons. The molecule has 0 spiro atoms. The Kier molecular flexibility index (Phi) is 8.27. The summed E-state index contributed by atoms with van der Waals surface area (Å²) in [5, 5.41) is 3.32. The average Bonchev–Trinajstić information content (AvgIpc) is 2.70. The van der Waals surface area contributed by atoms with Gasteiger partial charge in [-0.05, 0) is 63.6 Å². The Balaban J connectivity index is 2.27. The van der Waals surface area contributed by atoms with Crippen molar-refractivity contribution in [1.29, 1.82) is 0 Å². The number of methoxy groups -OCH3 is 1. The van der Waals surface area contributed by atoms with Crippen LogP contribution in [0.3, 0.4) is 0 Å². The third-order valence-electron chi connectivity index (χ3n) is 4.20. The molecule has 0 unspecified atom stereocenters. The van der Waals surface area contributed by atoms with E-state index in [0.717, 1.165) is 25.8 Å². The van der Waals surface area contributed by atoms with Gasteiger partial charge in [0, 0.05) is 12.2 Å². The van der Waals surface area contributed by atoms with Gasteiger partial charge in [-0.25, -0.2) is 9.59 Å². The number of anilines is 1. The SMILES string of the molecule is CCCCCNc1ccc(Oc2cccc(C(=O)OC)c2)cc1C(=O)OC(C)(C)C. The molecule has 6 nitrogen and oxygen atoms in total. The lowest BCUT2D eigenvalue weighted by atomic mass is 10.1. The van der Waals surface area contributed by atoms with Crippen molar-refractivity contribution in [2.75, 3.05) is 19.0 Å². The standard InChI is InChI=1S/C24H31NO5/c1-6-7-8-14-25-21-13-12-19(16-20(21)23(27)30-24(2,3)4)29-18-11-9-10-17(15-18)22(26)28-5/h9-13,15-16,25H,6-8,14H2,1-5H3. The third kappa shape index (κ3) is 7.10. The topological polar surface area (TPSA) is 73.9 Å². The number of nitrogens with one attached hydrogen (secondary N) is 1. The average molecular weight is 414 g/mol. The zero-order valence-corrected chi connectivity index (χ0v) is 18.4. The number of benzene rings is 2. The maximum Gasteiger partial charge on any atom is 0.340 e. The number of ether oxygens (including phenoxy) is 3. The lowest BCUT2D eigenvalue weighted by Crippen LogP contribution is -2.24. The summed E-state index contributed by atoms with van der Waals surface area (Å²) in [7, 11) is 1.33. The molecule has 2 aromatic carbocycles. The van der Waals surface area contributed by atoms with Gasteiger partial charge in [-0.3, -0.25) is 0 Å². The van der Waals surface area contributed by atoms with Crippen LogP contribution < -0.4 is 10.1 Å². The molecule has 0 aliphatic rings. The van der Waals surface area contributed by atoms with Crippen molar-refractivity contribution in [1.82, 2.24) is 0 Å². The molecule has 0 fully saturated rings. The van der Waals surface area contributed by atoms with E-state index < -0.39 is 17.5 Å². The number of hydrogen-bond acceptors (Lipinski definition) is 6. The van der Waals surface area contributed by atoms with Gasteiger partial charge in [-0.2, -0.15) is 0 Å². The number of esters is 2. The van der Waals surface area contributed by atoms with Crippen molar-refractivity contribution in [2.24, 2.45) is 0 Å². The van der Waals surface area contributed by atoms with Crippen LogP contribution in [0.2, 0.25) is 0 Å². The summed E-state index contributed by atoms with van der Waals surface area (Å²) in [6.07, 6.45) is 3.26. The first-order chi connectivity index (χ1) is 14.2. The molecule has 0 radical (unpaired) electrons. The highest BCUT2D eigenvalue weighted by Crippen LogP contribution is 2.29. The Morgan fingerprint density at radius 2 is 1.70 bits per heavy atom. The zero-order valence-electron chi connectivity index (χ0n) is 18.4. The van der Waals surface area contributed by atoms with Gasteiger partial charge < -0.3 is 19.5 Å². The molecule has 30 heavy (non-hydrogen) atoms. The molecular weight excluding hydrogens is 382 g/mol. The summed E-state index contributed by atoms with van der Waals surface area (Å²) >= 11 is 0. The fraction of sp³-hybridized carbons (Fsp3) is 0.417. The Morgan fingerprint density at radius 3 is 2.37 bits per heavy atom. The van der Waals surface area contributed by atoms with E-state index in [1.165, 1.54) is 7.11 Å². The van der Waals surface area contributed by atoms with E-state index in [0.29, 0.717) is 28.3 Å². The minimum atomic E-state index is -0.609. The van der Waals surface area contributed by atoms with Gasteiger partial charge in [0.25, 0.3) is 0 Å². The van der Waals surface area contributed by atoms with E-state index >= 15 is 0 Å². The van der Waals surface area contributed by atoms with E-state index in [9.17, 15) is 9.59 Å². The van der Waals surface area contributed by atoms with Crippen LogP contribution >= 0.6 is 0 Å². The summed E-state index contributed by atoms with van der Waals surface area (Å²) in [5.41, 5.74) is 0.887. The first-order valence-corrected chi connectivity index (χ1v) is 10.2. The Hall–Kier alpha value is -3.02. The van der Waals surface area contributed by atoms with Crippen molar-refractivity contribution in [2.45, 2.75) is 52.6 Å². The predicted molar refractivity (Wildman–Crippen MR) is 117 cm³/mol. The second-order valence-electron chi connectivity index (χ2n) is 7.96. The molecule has 0 aliphatic carbocycles. The van der Waals surface area contributed by atoms with Gasteiger partial charge in [0.2, 0.25) is 0 Å². The summed E-state index contributed by atoms with van der Waals surface area (Å²) in [5.74, 6) is 0.0736. The fourth-order valence-electron chi connectivity index (χ4n) is 2.78. The minimum Gasteiger partial charge on any atom is -0.465 e. The zero-order chi connectivity index (χ0) is 22.1. The molecule has 0 aromatic heterocycles. The number of carbonyl (C=O) groups excluding carboxylic acids is 2. The molecule has 1 N–H and O–H groups in total. The molecule has 0 heterocycles. The molecule has 6 heteroatoms. The van der Waals surface area contributed by atoms with E-state index in [1.54, 1.807) is 36.4 Å². The van der Waals surface area contributed by atoms with Crippen LogP contribution in [0.1, 0.15) is 67.7 Å². The molecule has 0 atom stereocenters. The monoisotopic (exact) mass is 413 g/mol. The van der Waals surface area contributed by atoms with Gasteiger partial charge in [0.15, 0.2) is 0 Å². The van der Waals surface area contributed by atoms with Crippen molar-refractivity contribution >= 4 is 17.6 Å². The molecule has 0 aliphatic heterocycles. The quantitative estimate of drug-likeness (QED) is 0.412. The normalized spacial score (nSPS) is 11.0. The maximum atomic E-state index is 12.8. The first kappa shape index (κ1) is 23.3. The van der Waals surface area contributed by atoms with Crippen LogP contribution in [0.4, 0.5) is 5.69 Å². The van der Waals surface area contributed by atoms with Crippen molar-refractivity contribution in [3.05, 3.63) is 53.6 Å². The number of carbonyl (C=O) groups is 2. The Bertz CT molecular complexity index is 870. The van der Waals surface area contributed by atoms with E-state index in [-0.39, 0.29) is 0 Å². The van der Waals surface area contributed by atoms with Gasteiger partial charge in [0.05, 0.1) is 18.2 Å². The van der Waals surface area contributed by atoms with Gasteiger partial charge >= 0.3 is 11.9 Å². The number of hydrogen-bond donors (Lipinski definition) is 1. The number of unbranched alkanes of at least 4 members (excludes halogenated alkanes) is 2. The second kappa shape index (κ2) is 10.7. The van der Waals surface area contributed by atoms with Crippen molar-refractivity contribution in [3.63, 3.8) is 0 Å². The summed E-state index contributed by atoms with van der Waals surface area (Å²) in [6, 6.07) is 11.9. The third-order valence-corrected chi connectivity index (χ3v) is 4.20. The van der Waals surface area contributed by atoms with Crippen LogP contribution in [0.5, 0.6) is 11.5 Å². The summed E-state index contributed by atoms with van der Waals surface area (Å²) in [6.45, 7) is 8.41. The minimum absolute atomic E-state index is 0.386. The Morgan fingerprint density at radius 1 is 0.967 bits per heavy atom. The highest BCUT2D eigenvalue weighted by atomic mass is 16.6. The van der Waals surface area contributed by atoms with Crippen LogP contribution in [0.25, 0.3) is 0 Å². The molecule has 2 aromatic rings. The van der Waals surface area contributed by atoms with Crippen LogP contribution in [-0.4, -0.2) is 31.2 Å². The van der Waals surface area contributed by atoms with Gasteiger partial charge in [-0.15, -0.1) is 0 Å². The van der Waals surface area contributed by atoms with Crippen LogP contribution in [0, 0.1) is 0 Å². The Labute approximate surface area is 178 Å². The molecule has 0 saturated carbocycles. The highest BCUT2D eigenvalue weighted by molar-refractivity contribution is 5.96. The fourth-order valence-corrected chi connectivity index (χ4v) is 2.78. The second-order valence-corrected chi connectivity index (χ2v) is 7.96.